The minimum Gasteiger partial charge on any atom is -0.351 e. The molecular formula is C33H37BrN8O3. The fraction of sp³-hybridized carbons (Fsp3) is 0.424. The number of carbonyl (C=O) groups is 3. The Bertz CT molecular complexity index is 1790. The Kier molecular flexibility index (Phi) is 8.43. The van der Waals surface area contributed by atoms with Crippen molar-refractivity contribution >= 4 is 50.4 Å². The summed E-state index contributed by atoms with van der Waals surface area (Å²) in [6.07, 6.45) is 7.67. The average molecular weight is 674 g/mol. The second kappa shape index (κ2) is 12.3. The summed E-state index contributed by atoms with van der Waals surface area (Å²) in [5, 5.41) is 11.2. The molecule has 1 saturated heterocycles. The van der Waals surface area contributed by atoms with Gasteiger partial charge in [-0.1, -0.05) is 32.4 Å². The molecule has 3 amide bonds. The number of benzene rings is 1. The van der Waals surface area contributed by atoms with Gasteiger partial charge >= 0.3 is 0 Å². The highest BCUT2D eigenvalue weighted by molar-refractivity contribution is 9.10. The summed E-state index contributed by atoms with van der Waals surface area (Å²) in [6.45, 7) is 8.35. The van der Waals surface area contributed by atoms with E-state index in [2.05, 4.69) is 60.5 Å². The molecule has 1 aliphatic heterocycles. The number of halogens is 1. The predicted octanol–water partition coefficient (Wildman–Crippen LogP) is 5.21. The van der Waals surface area contributed by atoms with Crippen LogP contribution >= 0.6 is 15.9 Å². The molecule has 4 aromatic rings. The summed E-state index contributed by atoms with van der Waals surface area (Å²) in [6, 6.07) is 8.71. The van der Waals surface area contributed by atoms with Crippen molar-refractivity contribution in [3.63, 3.8) is 0 Å². The van der Waals surface area contributed by atoms with E-state index in [1.807, 2.05) is 44.2 Å². The zero-order valence-corrected chi connectivity index (χ0v) is 27.5. The standard InChI is InChI=1S/C33H37BrN8O3/c1-5-6-13-35-32(45)29-23-14-21(22-16-36-20(3)37-17-22)8-9-24(23)41(40-29)18-28(43)42-25(15-33(4)12-11-26(33)42)31(44)39-30-19(2)7-10-27(34)38-30/h7-10,14,16-17,25-26H,5-6,11-13,15,18H2,1-4H3,(H,35,45)(H,38,39,44)/t25-,26+,33+/m0/s1. The van der Waals surface area contributed by atoms with Crippen LogP contribution in [-0.4, -0.2) is 66.0 Å². The Morgan fingerprint density at radius 3 is 2.58 bits per heavy atom. The number of nitrogens with zero attached hydrogens (tertiary/aromatic N) is 6. The lowest BCUT2D eigenvalue weighted by molar-refractivity contribution is -0.141. The molecule has 1 saturated carbocycles. The van der Waals surface area contributed by atoms with Crippen molar-refractivity contribution in [2.75, 3.05) is 11.9 Å². The normalized spacial score (nSPS) is 20.5. The third-order valence-electron chi connectivity index (χ3n) is 9.20. The molecule has 12 heteroatoms. The largest absolute Gasteiger partial charge is 0.351 e. The number of unbranched alkanes of at least 4 members (excludes halogenated alkanes) is 1. The lowest BCUT2D eigenvalue weighted by atomic mass is 9.66. The number of fused-ring (bicyclic) bond motifs is 2. The first-order valence-electron chi connectivity index (χ1n) is 15.4. The third-order valence-corrected chi connectivity index (χ3v) is 9.64. The second-order valence-electron chi connectivity index (χ2n) is 12.4. The van der Waals surface area contributed by atoms with Gasteiger partial charge in [-0.05, 0) is 90.2 Å². The van der Waals surface area contributed by atoms with Crippen LogP contribution in [0.2, 0.25) is 0 Å². The maximum atomic E-state index is 14.1. The summed E-state index contributed by atoms with van der Waals surface area (Å²) in [5.41, 5.74) is 3.28. The highest BCUT2D eigenvalue weighted by atomic mass is 79.9. The minimum absolute atomic E-state index is 0.0379. The molecular weight excluding hydrogens is 636 g/mol. The minimum atomic E-state index is -0.637. The summed E-state index contributed by atoms with van der Waals surface area (Å²) >= 11 is 3.38. The van der Waals surface area contributed by atoms with Gasteiger partial charge in [-0.15, -0.1) is 0 Å². The van der Waals surface area contributed by atoms with Crippen LogP contribution in [0, 0.1) is 19.3 Å². The lowest BCUT2D eigenvalue weighted by Crippen LogP contribution is -2.52. The van der Waals surface area contributed by atoms with Crippen molar-refractivity contribution in [2.45, 2.75) is 78.4 Å². The second-order valence-corrected chi connectivity index (χ2v) is 13.2. The van der Waals surface area contributed by atoms with E-state index < -0.39 is 6.04 Å². The van der Waals surface area contributed by atoms with Crippen LogP contribution in [0.25, 0.3) is 22.0 Å². The summed E-state index contributed by atoms with van der Waals surface area (Å²) in [7, 11) is 0. The van der Waals surface area contributed by atoms with Gasteiger partial charge in [0, 0.05) is 35.9 Å². The van der Waals surface area contributed by atoms with Gasteiger partial charge in [0.05, 0.1) is 5.52 Å². The van der Waals surface area contributed by atoms with Crippen LogP contribution in [-0.2, 0) is 16.1 Å². The number of amides is 3. The molecule has 1 aromatic carbocycles. The highest BCUT2D eigenvalue weighted by Gasteiger charge is 2.58. The van der Waals surface area contributed by atoms with Crippen LogP contribution in [0.1, 0.15) is 67.8 Å². The van der Waals surface area contributed by atoms with Crippen LogP contribution in [0.3, 0.4) is 0 Å². The van der Waals surface area contributed by atoms with Gasteiger partial charge in [0.1, 0.15) is 28.8 Å². The number of anilines is 1. The van der Waals surface area contributed by atoms with Gasteiger partial charge in [-0.2, -0.15) is 5.10 Å². The zero-order chi connectivity index (χ0) is 31.9. The molecule has 4 heterocycles. The highest BCUT2D eigenvalue weighted by Crippen LogP contribution is 2.54. The fourth-order valence-electron chi connectivity index (χ4n) is 6.50. The Hall–Kier alpha value is -4.19. The van der Waals surface area contributed by atoms with Crippen molar-refractivity contribution in [3.05, 3.63) is 64.4 Å². The van der Waals surface area contributed by atoms with E-state index in [4.69, 9.17) is 0 Å². The number of aromatic nitrogens is 5. The molecule has 0 unspecified atom stereocenters. The molecule has 0 radical (unpaired) electrons. The van der Waals surface area contributed by atoms with E-state index >= 15 is 0 Å². The van der Waals surface area contributed by atoms with E-state index in [1.165, 1.54) is 0 Å². The van der Waals surface area contributed by atoms with Crippen LogP contribution in [0.5, 0.6) is 0 Å². The van der Waals surface area contributed by atoms with Gasteiger partial charge in [-0.3, -0.25) is 19.1 Å². The number of hydrogen-bond donors (Lipinski definition) is 2. The molecule has 2 aliphatic rings. The van der Waals surface area contributed by atoms with Crippen molar-refractivity contribution < 1.29 is 14.4 Å². The Morgan fingerprint density at radius 1 is 1.09 bits per heavy atom. The van der Waals surface area contributed by atoms with Gasteiger partial charge in [0.15, 0.2) is 5.69 Å². The molecule has 0 spiro atoms. The van der Waals surface area contributed by atoms with Crippen molar-refractivity contribution in [2.24, 2.45) is 5.41 Å². The number of nitrogens with one attached hydrogen (secondary N) is 2. The van der Waals surface area contributed by atoms with Crippen LogP contribution < -0.4 is 10.6 Å². The van der Waals surface area contributed by atoms with E-state index in [-0.39, 0.29) is 41.4 Å². The third kappa shape index (κ3) is 5.95. The maximum Gasteiger partial charge on any atom is 0.272 e. The van der Waals surface area contributed by atoms with Crippen molar-refractivity contribution in [1.29, 1.82) is 0 Å². The lowest BCUT2D eigenvalue weighted by Gasteiger charge is -2.44. The number of rotatable bonds is 9. The molecule has 2 N–H and O–H groups in total. The molecule has 234 valence electrons. The molecule has 11 nitrogen and oxygen atoms in total. The summed E-state index contributed by atoms with van der Waals surface area (Å²) in [5.74, 6) is 0.387. The number of hydrogen-bond acceptors (Lipinski definition) is 7. The van der Waals surface area contributed by atoms with E-state index in [1.54, 1.807) is 22.0 Å². The van der Waals surface area contributed by atoms with Crippen molar-refractivity contribution in [3.8, 4) is 11.1 Å². The summed E-state index contributed by atoms with van der Waals surface area (Å²) in [4.78, 5) is 55.9. The smallest absolute Gasteiger partial charge is 0.272 e. The SMILES string of the molecule is CCCCNC(=O)c1nn(CC(=O)N2[C@H](C(=O)Nc3nc(Br)ccc3C)C[C@@]3(C)CC[C@@H]23)c2ccc(-c3cnc(C)nc3)cc12. The first-order valence-corrected chi connectivity index (χ1v) is 16.2. The molecule has 45 heavy (non-hydrogen) atoms. The van der Waals surface area contributed by atoms with Crippen LogP contribution in [0.4, 0.5) is 5.82 Å². The number of carbonyl (C=O) groups excluding carboxylic acids is 3. The molecule has 1 aliphatic carbocycles. The monoisotopic (exact) mass is 672 g/mol. The van der Waals surface area contributed by atoms with Gasteiger partial charge < -0.3 is 15.5 Å². The van der Waals surface area contributed by atoms with Crippen molar-refractivity contribution in [1.82, 2.24) is 34.9 Å². The van der Waals surface area contributed by atoms with E-state index in [9.17, 15) is 14.4 Å². The number of aryl methyl sites for hydroxylation is 2. The number of pyridine rings is 1. The van der Waals surface area contributed by atoms with E-state index in [0.717, 1.165) is 42.4 Å². The predicted molar refractivity (Wildman–Crippen MR) is 174 cm³/mol. The molecule has 3 aromatic heterocycles. The topological polar surface area (TPSA) is 135 Å². The average Bonchev–Trinajstić information content (AvgIpc) is 3.47. The van der Waals surface area contributed by atoms with Crippen LogP contribution in [0.15, 0.2) is 47.3 Å². The van der Waals surface area contributed by atoms with Gasteiger partial charge in [0.25, 0.3) is 5.91 Å². The fourth-order valence-corrected chi connectivity index (χ4v) is 6.80. The quantitative estimate of drug-likeness (QED) is 0.184. The molecule has 0 bridgehead atoms. The molecule has 6 rings (SSSR count). The molecule has 2 fully saturated rings. The molecule has 3 atom stereocenters. The first kappa shape index (κ1) is 30.8. The Balaban J connectivity index is 1.31. The maximum absolute atomic E-state index is 14.1. The van der Waals surface area contributed by atoms with Gasteiger partial charge in [-0.25, -0.2) is 15.0 Å². The Morgan fingerprint density at radius 2 is 1.87 bits per heavy atom. The zero-order valence-electron chi connectivity index (χ0n) is 25.9. The number of likely N-dealkylation sites (tertiary alicyclic amines) is 1. The first-order chi connectivity index (χ1) is 21.6. The van der Waals surface area contributed by atoms with Gasteiger partial charge in [0.2, 0.25) is 11.8 Å². The Labute approximate surface area is 270 Å². The van der Waals surface area contributed by atoms with E-state index in [0.29, 0.717) is 40.1 Å². The summed E-state index contributed by atoms with van der Waals surface area (Å²) < 4.78 is 2.21.